The molecule has 3 atom stereocenters. The molecule has 0 unspecified atom stereocenters. The summed E-state index contributed by atoms with van der Waals surface area (Å²) in [5.74, 6) is -1.56. The summed E-state index contributed by atoms with van der Waals surface area (Å²) >= 11 is 0. The normalized spacial score (nSPS) is 31.7. The highest BCUT2D eigenvalue weighted by Gasteiger charge is 2.62. The molecule has 1 N–H and O–H groups in total. The second-order valence-electron chi connectivity index (χ2n) is 8.26. The van der Waals surface area contributed by atoms with Crippen LogP contribution in [0.2, 0.25) is 18.1 Å². The van der Waals surface area contributed by atoms with Crippen LogP contribution < -0.4 is 0 Å². The Hall–Kier alpha value is -1.14. The third-order valence-electron chi connectivity index (χ3n) is 5.86. The van der Waals surface area contributed by atoms with Gasteiger partial charge in [-0.15, -0.1) is 0 Å². The average Bonchev–Trinajstić information content (AvgIpc) is 2.41. The van der Waals surface area contributed by atoms with E-state index < -0.39 is 37.2 Å². The van der Waals surface area contributed by atoms with E-state index in [2.05, 4.69) is 33.9 Å². The maximum absolute atomic E-state index is 12.6. The number of carbonyl (C=O) groups is 2. The SMILES string of the molecule is COC(=O)[C@]1(C)[C@H](O[Si](C)(C)C(C)(C)C)C=CC[C@]1(C)C(=O)O. The largest absolute Gasteiger partial charge is 0.481 e. The average molecular weight is 343 g/mol. The molecule has 1 aliphatic carbocycles. The van der Waals surface area contributed by atoms with Crippen molar-refractivity contribution >= 4 is 20.3 Å². The van der Waals surface area contributed by atoms with Crippen LogP contribution in [0.4, 0.5) is 0 Å². The first kappa shape index (κ1) is 19.9. The van der Waals surface area contributed by atoms with Crippen LogP contribution in [-0.2, 0) is 18.8 Å². The number of ether oxygens (including phenoxy) is 1. The van der Waals surface area contributed by atoms with Crippen molar-refractivity contribution < 1.29 is 23.9 Å². The van der Waals surface area contributed by atoms with Gasteiger partial charge in [-0.1, -0.05) is 32.9 Å². The second-order valence-corrected chi connectivity index (χ2v) is 13.0. The van der Waals surface area contributed by atoms with Crippen LogP contribution in [0.5, 0.6) is 0 Å². The number of hydrogen-bond acceptors (Lipinski definition) is 4. The molecule has 0 amide bonds. The highest BCUT2D eigenvalue weighted by Crippen LogP contribution is 2.52. The third-order valence-corrected chi connectivity index (χ3v) is 10.3. The van der Waals surface area contributed by atoms with E-state index in [1.807, 2.05) is 6.08 Å². The van der Waals surface area contributed by atoms with E-state index >= 15 is 0 Å². The van der Waals surface area contributed by atoms with E-state index in [0.29, 0.717) is 0 Å². The van der Waals surface area contributed by atoms with Crippen molar-refractivity contribution in [3.63, 3.8) is 0 Å². The van der Waals surface area contributed by atoms with Crippen LogP contribution in [0.25, 0.3) is 0 Å². The van der Waals surface area contributed by atoms with Gasteiger partial charge in [-0.2, -0.15) is 0 Å². The molecule has 5 nitrogen and oxygen atoms in total. The minimum Gasteiger partial charge on any atom is -0.481 e. The van der Waals surface area contributed by atoms with Gasteiger partial charge in [0.25, 0.3) is 0 Å². The molecule has 0 aromatic rings. The minimum absolute atomic E-state index is 0.0467. The van der Waals surface area contributed by atoms with Gasteiger partial charge < -0.3 is 14.3 Å². The lowest BCUT2D eigenvalue weighted by Crippen LogP contribution is -2.60. The van der Waals surface area contributed by atoms with Gasteiger partial charge in [-0.05, 0) is 38.4 Å². The van der Waals surface area contributed by atoms with Gasteiger partial charge in [0, 0.05) is 0 Å². The standard InChI is InChI=1S/C17H30O5Si/c1-15(2,3)23(7,8)22-12-10-9-11-16(4,13(18)19)17(12,5)14(20)21-6/h9-10,12H,11H2,1-8H3,(H,18,19)/t12-,16-,17+/m1/s1. The summed E-state index contributed by atoms with van der Waals surface area (Å²) in [5.41, 5.74) is -2.56. The number of esters is 1. The maximum atomic E-state index is 12.6. The van der Waals surface area contributed by atoms with Gasteiger partial charge >= 0.3 is 11.9 Å². The number of carboxylic acids is 1. The van der Waals surface area contributed by atoms with E-state index in [0.717, 1.165) is 0 Å². The molecule has 1 rings (SSSR count). The Labute approximate surface area is 140 Å². The molecule has 0 saturated heterocycles. The fraction of sp³-hybridized carbons (Fsp3) is 0.765. The van der Waals surface area contributed by atoms with Gasteiger partial charge in [0.2, 0.25) is 0 Å². The van der Waals surface area contributed by atoms with Crippen molar-refractivity contribution in [2.24, 2.45) is 10.8 Å². The summed E-state index contributed by atoms with van der Waals surface area (Å²) < 4.78 is 11.4. The molecule has 132 valence electrons. The van der Waals surface area contributed by atoms with Gasteiger partial charge in [0.05, 0.1) is 18.6 Å². The first-order valence-corrected chi connectivity index (χ1v) is 10.8. The zero-order chi connectivity index (χ0) is 18.3. The third kappa shape index (κ3) is 3.11. The van der Waals surface area contributed by atoms with E-state index in [9.17, 15) is 14.7 Å². The Morgan fingerprint density at radius 2 is 1.78 bits per heavy atom. The van der Waals surface area contributed by atoms with Gasteiger partial charge in [0.15, 0.2) is 8.32 Å². The van der Waals surface area contributed by atoms with Crippen molar-refractivity contribution in [2.45, 2.75) is 65.3 Å². The fourth-order valence-electron chi connectivity index (χ4n) is 2.66. The van der Waals surface area contributed by atoms with E-state index in [4.69, 9.17) is 9.16 Å². The predicted octanol–water partition coefficient (Wildman–Crippen LogP) is 3.61. The predicted molar refractivity (Wildman–Crippen MR) is 91.7 cm³/mol. The Bertz CT molecular complexity index is 520. The van der Waals surface area contributed by atoms with Crippen molar-refractivity contribution in [3.05, 3.63) is 12.2 Å². The summed E-state index contributed by atoms with van der Waals surface area (Å²) in [7, 11) is -0.900. The van der Waals surface area contributed by atoms with Crippen LogP contribution in [-0.4, -0.2) is 38.6 Å². The van der Waals surface area contributed by atoms with Crippen molar-refractivity contribution in [2.75, 3.05) is 7.11 Å². The number of carboxylic acid groups (broad SMARTS) is 1. The van der Waals surface area contributed by atoms with Crippen LogP contribution >= 0.6 is 0 Å². The molecular formula is C17H30O5Si. The molecule has 0 aliphatic heterocycles. The molecule has 0 bridgehead atoms. The Balaban J connectivity index is 3.40. The van der Waals surface area contributed by atoms with Crippen LogP contribution in [0, 0.1) is 10.8 Å². The van der Waals surface area contributed by atoms with Crippen molar-refractivity contribution in [3.8, 4) is 0 Å². The number of allylic oxidation sites excluding steroid dienone is 1. The molecule has 23 heavy (non-hydrogen) atoms. The molecule has 0 heterocycles. The molecule has 0 spiro atoms. The molecule has 1 aliphatic rings. The van der Waals surface area contributed by atoms with Crippen LogP contribution in [0.1, 0.15) is 41.0 Å². The summed E-state index contributed by atoms with van der Waals surface area (Å²) in [6, 6.07) is 0. The quantitative estimate of drug-likeness (QED) is 0.480. The van der Waals surface area contributed by atoms with Gasteiger partial charge in [0.1, 0.15) is 5.41 Å². The molecule has 0 fully saturated rings. The van der Waals surface area contributed by atoms with Gasteiger partial charge in [-0.25, -0.2) is 0 Å². The molecule has 0 saturated carbocycles. The first-order valence-electron chi connectivity index (χ1n) is 7.90. The van der Waals surface area contributed by atoms with E-state index in [-0.39, 0.29) is 11.5 Å². The van der Waals surface area contributed by atoms with Crippen molar-refractivity contribution in [1.82, 2.24) is 0 Å². The number of carbonyl (C=O) groups excluding carboxylic acids is 1. The monoisotopic (exact) mass is 342 g/mol. The minimum atomic E-state index is -2.19. The molecule has 0 radical (unpaired) electrons. The number of rotatable bonds is 4. The van der Waals surface area contributed by atoms with Crippen LogP contribution in [0.15, 0.2) is 12.2 Å². The topological polar surface area (TPSA) is 72.8 Å². The number of hydrogen-bond donors (Lipinski definition) is 1. The smallest absolute Gasteiger partial charge is 0.315 e. The van der Waals surface area contributed by atoms with E-state index in [1.165, 1.54) is 7.11 Å². The maximum Gasteiger partial charge on any atom is 0.315 e. The second kappa shape index (κ2) is 6.05. The Morgan fingerprint density at radius 1 is 1.26 bits per heavy atom. The lowest BCUT2D eigenvalue weighted by Gasteiger charge is -2.50. The molecule has 0 aromatic carbocycles. The lowest BCUT2D eigenvalue weighted by atomic mass is 9.58. The number of methoxy groups -OCH3 is 1. The Morgan fingerprint density at radius 3 is 2.17 bits per heavy atom. The first-order chi connectivity index (χ1) is 10.2. The molecule has 6 heteroatoms. The lowest BCUT2D eigenvalue weighted by molar-refractivity contribution is -0.182. The summed E-state index contributed by atoms with van der Waals surface area (Å²) in [6.07, 6.45) is 3.27. The highest BCUT2D eigenvalue weighted by molar-refractivity contribution is 6.74. The summed E-state index contributed by atoms with van der Waals surface area (Å²) in [6.45, 7) is 13.7. The molecular weight excluding hydrogens is 312 g/mol. The summed E-state index contributed by atoms with van der Waals surface area (Å²) in [5, 5.41) is 9.72. The summed E-state index contributed by atoms with van der Waals surface area (Å²) in [4.78, 5) is 24.5. The zero-order valence-electron chi connectivity index (χ0n) is 15.5. The van der Waals surface area contributed by atoms with E-state index in [1.54, 1.807) is 19.9 Å². The fourth-order valence-corrected chi connectivity index (χ4v) is 3.96. The Kier molecular flexibility index (Phi) is 5.24. The number of aliphatic carboxylic acids is 1. The zero-order valence-corrected chi connectivity index (χ0v) is 16.5. The van der Waals surface area contributed by atoms with Crippen LogP contribution in [0.3, 0.4) is 0 Å². The molecule has 0 aromatic heterocycles. The highest BCUT2D eigenvalue weighted by atomic mass is 28.4. The van der Waals surface area contributed by atoms with Crippen molar-refractivity contribution in [1.29, 1.82) is 0 Å². The van der Waals surface area contributed by atoms with Gasteiger partial charge in [-0.3, -0.25) is 9.59 Å².